The van der Waals surface area contributed by atoms with Crippen molar-refractivity contribution in [1.29, 1.82) is 0 Å². The van der Waals surface area contributed by atoms with Crippen molar-refractivity contribution in [2.24, 2.45) is 5.92 Å². The van der Waals surface area contributed by atoms with Crippen molar-refractivity contribution in [3.05, 3.63) is 48.0 Å². The molecule has 0 saturated heterocycles. The Kier molecular flexibility index (Phi) is 9.26. The van der Waals surface area contributed by atoms with Gasteiger partial charge in [0.05, 0.1) is 0 Å². The highest BCUT2D eigenvalue weighted by molar-refractivity contribution is 5.78. The molecule has 2 heteroatoms. The normalized spacial score (nSPS) is 12.5. The van der Waals surface area contributed by atoms with Crippen molar-refractivity contribution in [1.82, 2.24) is 5.32 Å². The van der Waals surface area contributed by atoms with Gasteiger partial charge in [-0.25, -0.2) is 0 Å². The summed E-state index contributed by atoms with van der Waals surface area (Å²) in [6, 6.07) is 10.3. The first kappa shape index (κ1) is 17.5. The molecule has 2 nitrogen and oxygen atoms in total. The fraction of sp³-hybridized carbons (Fsp3) is 0.526. The summed E-state index contributed by atoms with van der Waals surface area (Å²) in [6.45, 7) is 4.89. The maximum Gasteiger partial charge on any atom is 0.223 e. The molecule has 0 spiro atoms. The van der Waals surface area contributed by atoms with Crippen LogP contribution in [0.5, 0.6) is 0 Å². The molecule has 1 N–H and O–H groups in total. The topological polar surface area (TPSA) is 29.1 Å². The zero-order chi connectivity index (χ0) is 15.3. The van der Waals surface area contributed by atoms with Gasteiger partial charge >= 0.3 is 0 Å². The third-order valence-corrected chi connectivity index (χ3v) is 3.83. The minimum Gasteiger partial charge on any atom is -0.356 e. The van der Waals surface area contributed by atoms with Crippen LogP contribution in [-0.4, -0.2) is 12.5 Å². The van der Waals surface area contributed by atoms with Crippen LogP contribution in [0.15, 0.2) is 42.5 Å². The number of hydrogen-bond acceptors (Lipinski definition) is 1. The smallest absolute Gasteiger partial charge is 0.223 e. The van der Waals surface area contributed by atoms with E-state index in [-0.39, 0.29) is 11.8 Å². The molecule has 0 radical (unpaired) electrons. The molecule has 21 heavy (non-hydrogen) atoms. The fourth-order valence-corrected chi connectivity index (χ4v) is 2.46. The first-order valence-electron chi connectivity index (χ1n) is 8.20. The molecule has 0 saturated carbocycles. The molecule has 1 aromatic carbocycles. The van der Waals surface area contributed by atoms with Crippen molar-refractivity contribution < 1.29 is 4.79 Å². The third-order valence-electron chi connectivity index (χ3n) is 3.83. The minimum atomic E-state index is 0.173. The summed E-state index contributed by atoms with van der Waals surface area (Å²) < 4.78 is 0. The molecule has 0 bridgehead atoms. The van der Waals surface area contributed by atoms with Gasteiger partial charge in [-0.3, -0.25) is 4.79 Å². The first-order valence-corrected chi connectivity index (χ1v) is 8.20. The fourth-order valence-electron chi connectivity index (χ4n) is 2.46. The van der Waals surface area contributed by atoms with Gasteiger partial charge < -0.3 is 5.32 Å². The van der Waals surface area contributed by atoms with E-state index in [1.54, 1.807) is 0 Å². The van der Waals surface area contributed by atoms with Crippen LogP contribution in [-0.2, 0) is 11.2 Å². The van der Waals surface area contributed by atoms with E-state index >= 15 is 0 Å². The molecule has 1 atom stereocenters. The molecule has 116 valence electrons. The summed E-state index contributed by atoms with van der Waals surface area (Å²) in [4.78, 5) is 12.2. The number of allylic oxidation sites excluding steroid dienone is 2. The second-order valence-electron chi connectivity index (χ2n) is 5.49. The van der Waals surface area contributed by atoms with E-state index in [4.69, 9.17) is 0 Å². The van der Waals surface area contributed by atoms with Gasteiger partial charge in [0.15, 0.2) is 0 Å². The molecule has 0 fully saturated rings. The predicted molar refractivity (Wildman–Crippen MR) is 90.2 cm³/mol. The standard InChI is InChI=1S/C19H29NO/c1-3-5-6-7-11-14-18(4-2)19(21)20-16-15-17-12-9-8-10-13-17/h3,5,8-10,12-13,18H,4,6-7,11,14-16H2,1-2H3,(H,20,21). The van der Waals surface area contributed by atoms with Crippen LogP contribution in [0.25, 0.3) is 0 Å². The van der Waals surface area contributed by atoms with Crippen molar-refractivity contribution in [2.75, 3.05) is 6.54 Å². The zero-order valence-corrected chi connectivity index (χ0v) is 13.5. The summed E-state index contributed by atoms with van der Waals surface area (Å²) >= 11 is 0. The van der Waals surface area contributed by atoms with Gasteiger partial charge in [-0.2, -0.15) is 0 Å². The Bertz CT molecular complexity index is 411. The third kappa shape index (κ3) is 7.69. The summed E-state index contributed by atoms with van der Waals surface area (Å²) in [7, 11) is 0. The van der Waals surface area contributed by atoms with E-state index in [9.17, 15) is 4.79 Å². The Hall–Kier alpha value is -1.57. The number of benzene rings is 1. The number of amides is 1. The second-order valence-corrected chi connectivity index (χ2v) is 5.49. The summed E-state index contributed by atoms with van der Waals surface area (Å²) in [5.41, 5.74) is 1.28. The molecular weight excluding hydrogens is 258 g/mol. The highest BCUT2D eigenvalue weighted by atomic mass is 16.1. The second kappa shape index (κ2) is 11.1. The van der Waals surface area contributed by atoms with Crippen LogP contribution in [0.1, 0.15) is 51.5 Å². The average Bonchev–Trinajstić information content (AvgIpc) is 2.52. The lowest BCUT2D eigenvalue weighted by Crippen LogP contribution is -2.32. The number of carbonyl (C=O) groups is 1. The maximum absolute atomic E-state index is 12.2. The monoisotopic (exact) mass is 287 g/mol. The van der Waals surface area contributed by atoms with Gasteiger partial charge in [-0.15, -0.1) is 0 Å². The highest BCUT2D eigenvalue weighted by Crippen LogP contribution is 2.14. The Morgan fingerprint density at radius 3 is 2.67 bits per heavy atom. The molecule has 0 aliphatic rings. The quantitative estimate of drug-likeness (QED) is 0.498. The number of nitrogens with one attached hydrogen (secondary N) is 1. The Morgan fingerprint density at radius 2 is 2.00 bits per heavy atom. The maximum atomic E-state index is 12.2. The van der Waals surface area contributed by atoms with Gasteiger partial charge in [0.25, 0.3) is 0 Å². The van der Waals surface area contributed by atoms with Crippen molar-refractivity contribution in [3.63, 3.8) is 0 Å². The molecule has 0 heterocycles. The van der Waals surface area contributed by atoms with Crippen molar-refractivity contribution in [3.8, 4) is 0 Å². The lowest BCUT2D eigenvalue weighted by Gasteiger charge is -2.14. The van der Waals surface area contributed by atoms with Crippen molar-refractivity contribution >= 4 is 5.91 Å². The Morgan fingerprint density at radius 1 is 1.24 bits per heavy atom. The summed E-state index contributed by atoms with van der Waals surface area (Å²) in [5, 5.41) is 3.08. The van der Waals surface area contributed by atoms with Crippen LogP contribution >= 0.6 is 0 Å². The molecular formula is C19H29NO. The van der Waals surface area contributed by atoms with Crippen LogP contribution in [0, 0.1) is 5.92 Å². The van der Waals surface area contributed by atoms with E-state index < -0.39 is 0 Å². The summed E-state index contributed by atoms with van der Waals surface area (Å²) in [5.74, 6) is 0.394. The van der Waals surface area contributed by atoms with Crippen molar-refractivity contribution in [2.45, 2.75) is 52.4 Å². The molecule has 1 aromatic rings. The molecule has 0 aliphatic carbocycles. The van der Waals surface area contributed by atoms with Crippen LogP contribution in [0.3, 0.4) is 0 Å². The lowest BCUT2D eigenvalue weighted by atomic mass is 9.97. The largest absolute Gasteiger partial charge is 0.356 e. The highest BCUT2D eigenvalue weighted by Gasteiger charge is 2.15. The average molecular weight is 287 g/mol. The van der Waals surface area contributed by atoms with Gasteiger partial charge in [-0.1, -0.05) is 55.8 Å². The lowest BCUT2D eigenvalue weighted by molar-refractivity contribution is -0.125. The molecule has 1 unspecified atom stereocenters. The van der Waals surface area contributed by atoms with E-state index in [0.717, 1.165) is 38.6 Å². The Balaban J connectivity index is 2.21. The molecule has 0 aliphatic heterocycles. The predicted octanol–water partition coefficient (Wildman–Crippen LogP) is 4.51. The number of carbonyl (C=O) groups excluding carboxylic acids is 1. The zero-order valence-electron chi connectivity index (χ0n) is 13.5. The van der Waals surface area contributed by atoms with E-state index in [1.807, 2.05) is 18.2 Å². The van der Waals surface area contributed by atoms with E-state index in [0.29, 0.717) is 0 Å². The first-order chi connectivity index (χ1) is 10.3. The van der Waals surface area contributed by atoms with Crippen LogP contribution in [0.4, 0.5) is 0 Å². The summed E-state index contributed by atoms with van der Waals surface area (Å²) in [6.07, 6.45) is 10.6. The van der Waals surface area contributed by atoms with E-state index in [2.05, 4.69) is 43.4 Å². The van der Waals surface area contributed by atoms with Gasteiger partial charge in [-0.05, 0) is 44.6 Å². The van der Waals surface area contributed by atoms with Gasteiger partial charge in [0.1, 0.15) is 0 Å². The molecule has 1 rings (SSSR count). The van der Waals surface area contributed by atoms with Gasteiger partial charge in [0, 0.05) is 12.5 Å². The minimum absolute atomic E-state index is 0.173. The van der Waals surface area contributed by atoms with Crippen LogP contribution in [0.2, 0.25) is 0 Å². The molecule has 0 aromatic heterocycles. The van der Waals surface area contributed by atoms with Gasteiger partial charge in [0.2, 0.25) is 5.91 Å². The van der Waals surface area contributed by atoms with E-state index in [1.165, 1.54) is 12.0 Å². The van der Waals surface area contributed by atoms with Crippen LogP contribution < -0.4 is 5.32 Å². The Labute approximate surface area is 129 Å². The number of rotatable bonds is 10. The SMILES string of the molecule is CC=CCCCCC(CC)C(=O)NCCc1ccccc1. The number of unbranched alkanes of at least 4 members (excludes halogenated alkanes) is 2. The number of hydrogen-bond donors (Lipinski definition) is 1. The molecule has 1 amide bonds.